The topological polar surface area (TPSA) is 49.4 Å². The second-order valence-electron chi connectivity index (χ2n) is 5.62. The molecule has 1 heterocycles. The van der Waals surface area contributed by atoms with Gasteiger partial charge in [-0.2, -0.15) is 0 Å². The Balaban J connectivity index is 2.21. The molecule has 0 spiro atoms. The van der Waals surface area contributed by atoms with Crippen molar-refractivity contribution >= 4 is 17.4 Å². The Bertz CT molecular complexity index is 605. The molecule has 1 aromatic carbocycles. The van der Waals surface area contributed by atoms with E-state index in [9.17, 15) is 9.59 Å². The molecule has 1 amide bonds. The highest BCUT2D eigenvalue weighted by atomic mass is 16.2. The van der Waals surface area contributed by atoms with Crippen LogP contribution in [0.5, 0.6) is 0 Å². The minimum Gasteiger partial charge on any atom is -0.313 e. The van der Waals surface area contributed by atoms with E-state index in [1.165, 1.54) is 0 Å². The van der Waals surface area contributed by atoms with Crippen molar-refractivity contribution in [2.24, 2.45) is 0 Å². The maximum absolute atomic E-state index is 12.2. The van der Waals surface area contributed by atoms with Crippen LogP contribution < -0.4 is 10.2 Å². The number of fused-ring (bicyclic) bond motifs is 1. The van der Waals surface area contributed by atoms with Gasteiger partial charge in [0, 0.05) is 13.1 Å². The first-order valence-electron chi connectivity index (χ1n) is 7.30. The van der Waals surface area contributed by atoms with E-state index in [1.807, 2.05) is 26.0 Å². The van der Waals surface area contributed by atoms with Crippen LogP contribution in [-0.4, -0.2) is 31.3 Å². The first-order valence-corrected chi connectivity index (χ1v) is 7.30. The van der Waals surface area contributed by atoms with Crippen LogP contribution in [0.2, 0.25) is 0 Å². The number of amides is 1. The maximum Gasteiger partial charge on any atom is 0.299 e. The van der Waals surface area contributed by atoms with Crippen molar-refractivity contribution in [1.82, 2.24) is 5.32 Å². The Morgan fingerprint density at radius 3 is 2.67 bits per heavy atom. The molecule has 0 aromatic heterocycles. The zero-order valence-corrected chi connectivity index (χ0v) is 13.0. The molecule has 1 aliphatic heterocycles. The lowest BCUT2D eigenvalue weighted by molar-refractivity contribution is -0.114. The SMILES string of the molecule is C=C(CNCCC)CN1C(=O)C(=O)c2c(C)cc(C)cc21. The molecular weight excluding hydrogens is 264 g/mol. The summed E-state index contributed by atoms with van der Waals surface area (Å²) in [6, 6.07) is 3.84. The molecule has 1 N–H and O–H groups in total. The van der Waals surface area contributed by atoms with Gasteiger partial charge in [0.1, 0.15) is 0 Å². The Kier molecular flexibility index (Phi) is 4.58. The summed E-state index contributed by atoms with van der Waals surface area (Å²) in [5, 5.41) is 3.26. The van der Waals surface area contributed by atoms with E-state index in [4.69, 9.17) is 0 Å². The Hall–Kier alpha value is -1.94. The minimum atomic E-state index is -0.449. The fraction of sp³-hybridized carbons (Fsp3) is 0.412. The summed E-state index contributed by atoms with van der Waals surface area (Å²) < 4.78 is 0. The third kappa shape index (κ3) is 3.05. The summed E-state index contributed by atoms with van der Waals surface area (Å²) in [6.07, 6.45) is 1.05. The van der Waals surface area contributed by atoms with Gasteiger partial charge in [0.25, 0.3) is 11.7 Å². The lowest BCUT2D eigenvalue weighted by Gasteiger charge is -2.19. The quantitative estimate of drug-likeness (QED) is 0.496. The largest absolute Gasteiger partial charge is 0.313 e. The molecule has 1 aliphatic rings. The summed E-state index contributed by atoms with van der Waals surface area (Å²) in [4.78, 5) is 25.9. The number of hydrogen-bond acceptors (Lipinski definition) is 3. The number of rotatable bonds is 6. The number of carbonyl (C=O) groups is 2. The third-order valence-electron chi connectivity index (χ3n) is 3.60. The highest BCUT2D eigenvalue weighted by Crippen LogP contribution is 2.32. The van der Waals surface area contributed by atoms with Gasteiger partial charge in [0.2, 0.25) is 0 Å². The van der Waals surface area contributed by atoms with E-state index >= 15 is 0 Å². The highest BCUT2D eigenvalue weighted by molar-refractivity contribution is 6.52. The molecule has 2 rings (SSSR count). The van der Waals surface area contributed by atoms with Gasteiger partial charge in [-0.1, -0.05) is 19.6 Å². The average Bonchev–Trinajstić information content (AvgIpc) is 2.64. The molecule has 4 heteroatoms. The molecule has 4 nitrogen and oxygen atoms in total. The molecule has 112 valence electrons. The van der Waals surface area contributed by atoms with Crippen LogP contribution in [0.4, 0.5) is 5.69 Å². The number of benzene rings is 1. The predicted molar refractivity (Wildman–Crippen MR) is 84.9 cm³/mol. The van der Waals surface area contributed by atoms with Gasteiger partial charge < -0.3 is 10.2 Å². The van der Waals surface area contributed by atoms with Gasteiger partial charge in [0.05, 0.1) is 11.3 Å². The van der Waals surface area contributed by atoms with Crippen LogP contribution in [0, 0.1) is 13.8 Å². The van der Waals surface area contributed by atoms with Gasteiger partial charge >= 0.3 is 0 Å². The number of nitrogens with one attached hydrogen (secondary N) is 1. The molecule has 0 bridgehead atoms. The van der Waals surface area contributed by atoms with Crippen molar-refractivity contribution < 1.29 is 9.59 Å². The Morgan fingerprint density at radius 1 is 1.29 bits per heavy atom. The molecule has 0 saturated carbocycles. The zero-order valence-electron chi connectivity index (χ0n) is 13.0. The van der Waals surface area contributed by atoms with E-state index in [0.29, 0.717) is 18.7 Å². The van der Waals surface area contributed by atoms with Gasteiger partial charge in [-0.05, 0) is 49.6 Å². The summed E-state index contributed by atoms with van der Waals surface area (Å²) in [7, 11) is 0. The van der Waals surface area contributed by atoms with E-state index in [0.717, 1.165) is 35.4 Å². The monoisotopic (exact) mass is 286 g/mol. The summed E-state index contributed by atoms with van der Waals surface area (Å²) in [5.41, 5.74) is 4.07. The number of aryl methyl sites for hydroxylation is 2. The standard InChI is InChI=1S/C17H22N2O2/c1-5-6-18-9-12(3)10-19-14-8-11(2)7-13(4)15(14)16(20)17(19)21/h7-8,18H,3,5-6,9-10H2,1-2,4H3. The first kappa shape index (κ1) is 15.4. The first-order chi connectivity index (χ1) is 9.95. The highest BCUT2D eigenvalue weighted by Gasteiger charge is 2.37. The maximum atomic E-state index is 12.2. The van der Waals surface area contributed by atoms with Crippen LogP contribution in [0.25, 0.3) is 0 Å². The zero-order chi connectivity index (χ0) is 15.6. The van der Waals surface area contributed by atoms with Crippen molar-refractivity contribution in [3.8, 4) is 0 Å². The minimum absolute atomic E-state index is 0.386. The van der Waals surface area contributed by atoms with E-state index in [1.54, 1.807) is 4.90 Å². The molecule has 0 atom stereocenters. The number of ketones is 1. The third-order valence-corrected chi connectivity index (χ3v) is 3.60. The Morgan fingerprint density at radius 2 is 2.00 bits per heavy atom. The van der Waals surface area contributed by atoms with Crippen molar-refractivity contribution in [3.05, 3.63) is 41.0 Å². The molecule has 0 fully saturated rings. The van der Waals surface area contributed by atoms with Crippen LogP contribution in [0.15, 0.2) is 24.3 Å². The van der Waals surface area contributed by atoms with Crippen molar-refractivity contribution in [3.63, 3.8) is 0 Å². The summed E-state index contributed by atoms with van der Waals surface area (Å²) >= 11 is 0. The smallest absolute Gasteiger partial charge is 0.299 e. The average molecular weight is 286 g/mol. The van der Waals surface area contributed by atoms with Crippen LogP contribution >= 0.6 is 0 Å². The molecular formula is C17H22N2O2. The van der Waals surface area contributed by atoms with Crippen LogP contribution in [-0.2, 0) is 4.79 Å². The van der Waals surface area contributed by atoms with Crippen LogP contribution in [0.3, 0.4) is 0 Å². The molecule has 1 aromatic rings. The number of Topliss-reactive ketones (excluding diaryl/α,β-unsaturated/α-hetero) is 1. The van der Waals surface area contributed by atoms with Crippen molar-refractivity contribution in [1.29, 1.82) is 0 Å². The van der Waals surface area contributed by atoms with Crippen LogP contribution in [0.1, 0.15) is 34.8 Å². The molecule has 0 radical (unpaired) electrons. The second-order valence-corrected chi connectivity index (χ2v) is 5.62. The van der Waals surface area contributed by atoms with E-state index in [2.05, 4.69) is 18.8 Å². The lowest BCUT2D eigenvalue weighted by atomic mass is 10.0. The number of nitrogens with zero attached hydrogens (tertiary/aromatic N) is 1. The summed E-state index contributed by atoms with van der Waals surface area (Å²) in [5.74, 6) is -0.854. The molecule has 0 unspecified atom stereocenters. The predicted octanol–water partition coefficient (Wildman–Crippen LogP) is 2.39. The van der Waals surface area contributed by atoms with Gasteiger partial charge in [0.15, 0.2) is 0 Å². The second kappa shape index (κ2) is 6.22. The molecule has 21 heavy (non-hydrogen) atoms. The lowest BCUT2D eigenvalue weighted by Crippen LogP contribution is -2.33. The molecule has 0 saturated heterocycles. The van der Waals surface area contributed by atoms with Gasteiger partial charge in [-0.3, -0.25) is 9.59 Å². The van der Waals surface area contributed by atoms with Gasteiger partial charge in [-0.15, -0.1) is 0 Å². The van der Waals surface area contributed by atoms with E-state index in [-0.39, 0.29) is 0 Å². The number of carbonyl (C=O) groups excluding carboxylic acids is 2. The fourth-order valence-corrected chi connectivity index (χ4v) is 2.67. The number of hydrogen-bond donors (Lipinski definition) is 1. The van der Waals surface area contributed by atoms with Crippen molar-refractivity contribution in [2.45, 2.75) is 27.2 Å². The Labute approximate surface area is 125 Å². The molecule has 0 aliphatic carbocycles. The fourth-order valence-electron chi connectivity index (χ4n) is 2.67. The normalized spacial score (nSPS) is 13.8. The van der Waals surface area contributed by atoms with Gasteiger partial charge in [-0.25, -0.2) is 0 Å². The number of anilines is 1. The van der Waals surface area contributed by atoms with E-state index < -0.39 is 11.7 Å². The summed E-state index contributed by atoms with van der Waals surface area (Å²) in [6.45, 7) is 11.9. The van der Waals surface area contributed by atoms with Crippen molar-refractivity contribution in [2.75, 3.05) is 24.5 Å².